The van der Waals surface area contributed by atoms with E-state index in [1.54, 1.807) is 6.07 Å². The third-order valence-corrected chi connectivity index (χ3v) is 6.55. The van der Waals surface area contributed by atoms with Crippen molar-refractivity contribution in [3.63, 3.8) is 0 Å². The molecule has 0 unspecified atom stereocenters. The quantitative estimate of drug-likeness (QED) is 0.588. The minimum Gasteiger partial charge on any atom is -0.365 e. The van der Waals surface area contributed by atoms with E-state index in [4.69, 9.17) is 4.74 Å². The molecule has 0 bridgehead atoms. The van der Waals surface area contributed by atoms with Crippen molar-refractivity contribution in [1.82, 2.24) is 10.3 Å². The third-order valence-electron chi connectivity index (χ3n) is 6.55. The molecule has 2 fully saturated rings. The van der Waals surface area contributed by atoms with E-state index in [-0.39, 0.29) is 36.9 Å². The summed E-state index contributed by atoms with van der Waals surface area (Å²) in [6, 6.07) is 6.87. The van der Waals surface area contributed by atoms with Gasteiger partial charge in [0, 0.05) is 36.5 Å². The number of carbonyl (C=O) groups excluding carboxylic acids is 1. The summed E-state index contributed by atoms with van der Waals surface area (Å²) in [7, 11) is 0. The van der Waals surface area contributed by atoms with Crippen LogP contribution in [0.1, 0.15) is 42.6 Å². The molecule has 1 aromatic heterocycles. The largest absolute Gasteiger partial charge is 0.416 e. The van der Waals surface area contributed by atoms with E-state index in [2.05, 4.69) is 10.3 Å². The van der Waals surface area contributed by atoms with Crippen molar-refractivity contribution in [3.05, 3.63) is 47.0 Å². The molecule has 5 nitrogen and oxygen atoms in total. The van der Waals surface area contributed by atoms with Crippen LogP contribution in [-0.4, -0.2) is 42.9 Å². The van der Waals surface area contributed by atoms with Crippen molar-refractivity contribution < 1.29 is 27.1 Å². The van der Waals surface area contributed by atoms with Crippen LogP contribution in [0.15, 0.2) is 24.3 Å². The average molecular weight is 480 g/mol. The summed E-state index contributed by atoms with van der Waals surface area (Å²) in [6.45, 7) is 3.14. The number of anilines is 1. The van der Waals surface area contributed by atoms with Crippen molar-refractivity contribution in [2.24, 2.45) is 5.92 Å². The van der Waals surface area contributed by atoms with Crippen LogP contribution in [0.5, 0.6) is 0 Å². The number of amides is 1. The highest BCUT2D eigenvalue weighted by Crippen LogP contribution is 2.35. The number of nitrogens with one attached hydrogen (secondary N) is 1. The molecule has 34 heavy (non-hydrogen) atoms. The van der Waals surface area contributed by atoms with Crippen molar-refractivity contribution in [3.8, 4) is 11.1 Å². The predicted octanol–water partition coefficient (Wildman–Crippen LogP) is 5.08. The van der Waals surface area contributed by atoms with E-state index in [0.29, 0.717) is 17.9 Å². The number of carbonyl (C=O) groups is 1. The number of aryl methyl sites for hydroxylation is 2. The minimum atomic E-state index is -4.53. The van der Waals surface area contributed by atoms with Gasteiger partial charge in [-0.3, -0.25) is 9.78 Å². The van der Waals surface area contributed by atoms with Crippen LogP contribution in [0, 0.1) is 25.6 Å². The van der Waals surface area contributed by atoms with Crippen LogP contribution in [0.2, 0.25) is 0 Å². The molecule has 2 aliphatic rings. The number of nitrogens with zero attached hydrogens (tertiary/aromatic N) is 2. The Morgan fingerprint density at radius 3 is 2.53 bits per heavy atom. The number of morpholine rings is 1. The molecule has 9 heteroatoms. The highest BCUT2D eigenvalue weighted by molar-refractivity contribution is 5.77. The number of pyridine rings is 1. The predicted molar refractivity (Wildman–Crippen MR) is 121 cm³/mol. The second-order valence-corrected chi connectivity index (χ2v) is 9.19. The zero-order valence-corrected chi connectivity index (χ0v) is 19.3. The zero-order chi connectivity index (χ0) is 24.5. The zero-order valence-electron chi connectivity index (χ0n) is 19.3. The van der Waals surface area contributed by atoms with Crippen molar-refractivity contribution >= 4 is 11.6 Å². The standard InChI is InChI=1S/C25H29F4N3O2/c1-15-10-18(11-16(2)31-15)19-6-7-21(32-8-9-34-22(14-32)25(27,28)29)24(26)20(19)13-30-23(33)12-17-4-3-5-17/h6-7,10-11,17,22H,3-5,8-9,12-14H2,1-2H3,(H,30,33)/t22-/m1/s1. The molecule has 184 valence electrons. The Morgan fingerprint density at radius 1 is 1.21 bits per heavy atom. The summed E-state index contributed by atoms with van der Waals surface area (Å²) in [6.07, 6.45) is -2.93. The molecule has 0 radical (unpaired) electrons. The SMILES string of the molecule is Cc1cc(-c2ccc(N3CCO[C@@H](C(F)(F)F)C3)c(F)c2CNC(=O)CC2CCC2)cc(C)n1. The van der Waals surface area contributed by atoms with Gasteiger partial charge in [0.05, 0.1) is 18.8 Å². The van der Waals surface area contributed by atoms with Gasteiger partial charge in [0.25, 0.3) is 0 Å². The maximum atomic E-state index is 15.9. The fourth-order valence-corrected chi connectivity index (χ4v) is 4.57. The summed E-state index contributed by atoms with van der Waals surface area (Å²) < 4.78 is 60.4. The Labute approximate surface area is 196 Å². The van der Waals surface area contributed by atoms with Crippen LogP contribution in [0.3, 0.4) is 0 Å². The van der Waals surface area contributed by atoms with E-state index in [1.807, 2.05) is 26.0 Å². The summed E-state index contributed by atoms with van der Waals surface area (Å²) in [5.41, 5.74) is 3.18. The van der Waals surface area contributed by atoms with Crippen LogP contribution in [0.25, 0.3) is 11.1 Å². The van der Waals surface area contributed by atoms with Crippen LogP contribution < -0.4 is 10.2 Å². The fourth-order valence-electron chi connectivity index (χ4n) is 4.57. The normalized spacial score (nSPS) is 19.1. The van der Waals surface area contributed by atoms with Crippen molar-refractivity contribution in [1.29, 1.82) is 0 Å². The number of alkyl halides is 3. The lowest BCUT2D eigenvalue weighted by Crippen LogP contribution is -2.49. The summed E-state index contributed by atoms with van der Waals surface area (Å²) in [4.78, 5) is 18.2. The van der Waals surface area contributed by atoms with Gasteiger partial charge in [0.15, 0.2) is 11.9 Å². The van der Waals surface area contributed by atoms with Gasteiger partial charge in [-0.2, -0.15) is 13.2 Å². The number of aromatic nitrogens is 1. The average Bonchev–Trinajstić information content (AvgIpc) is 2.74. The second-order valence-electron chi connectivity index (χ2n) is 9.19. The van der Waals surface area contributed by atoms with Gasteiger partial charge in [-0.15, -0.1) is 0 Å². The van der Waals surface area contributed by atoms with Crippen LogP contribution in [-0.2, 0) is 16.1 Å². The van der Waals surface area contributed by atoms with E-state index in [9.17, 15) is 18.0 Å². The molecular formula is C25H29F4N3O2. The van der Waals surface area contributed by atoms with E-state index >= 15 is 4.39 Å². The molecular weight excluding hydrogens is 450 g/mol. The number of ether oxygens (including phenoxy) is 1. The molecule has 2 heterocycles. The number of hydrogen-bond acceptors (Lipinski definition) is 4. The smallest absolute Gasteiger partial charge is 0.365 e. The molecule has 1 amide bonds. The van der Waals surface area contributed by atoms with Gasteiger partial charge < -0.3 is 15.0 Å². The third kappa shape index (κ3) is 5.51. The fraction of sp³-hybridized carbons (Fsp3) is 0.520. The maximum absolute atomic E-state index is 15.9. The highest BCUT2D eigenvalue weighted by atomic mass is 19.4. The lowest BCUT2D eigenvalue weighted by Gasteiger charge is -2.36. The topological polar surface area (TPSA) is 54.5 Å². The summed E-state index contributed by atoms with van der Waals surface area (Å²) in [5, 5.41) is 2.82. The first-order valence-corrected chi connectivity index (χ1v) is 11.6. The van der Waals surface area contributed by atoms with Gasteiger partial charge >= 0.3 is 6.18 Å². The molecule has 1 atom stereocenters. The van der Waals surface area contributed by atoms with Crippen LogP contribution in [0.4, 0.5) is 23.2 Å². The first-order valence-electron chi connectivity index (χ1n) is 11.6. The Balaban J connectivity index is 1.66. The van der Waals surface area contributed by atoms with Gasteiger partial charge in [-0.05, 0) is 61.9 Å². The number of hydrogen-bond donors (Lipinski definition) is 1. The summed E-state index contributed by atoms with van der Waals surface area (Å²) in [5.74, 6) is -0.406. The van der Waals surface area contributed by atoms with Crippen molar-refractivity contribution in [2.45, 2.75) is 58.4 Å². The lowest BCUT2D eigenvalue weighted by molar-refractivity contribution is -0.221. The molecule has 4 rings (SSSR count). The number of rotatable bonds is 6. The maximum Gasteiger partial charge on any atom is 0.416 e. The van der Waals surface area contributed by atoms with Gasteiger partial charge in [-0.25, -0.2) is 4.39 Å². The molecule has 1 saturated carbocycles. The first kappa shape index (κ1) is 24.4. The first-order chi connectivity index (χ1) is 16.1. The Bertz CT molecular complexity index is 1030. The number of benzene rings is 1. The van der Waals surface area contributed by atoms with E-state index in [1.165, 1.54) is 11.0 Å². The van der Waals surface area contributed by atoms with E-state index < -0.39 is 24.6 Å². The Hall–Kier alpha value is -2.68. The molecule has 1 aromatic carbocycles. The molecule has 0 spiro atoms. The minimum absolute atomic E-state index is 0.0476. The molecule has 2 aromatic rings. The molecule has 1 N–H and O–H groups in total. The monoisotopic (exact) mass is 479 g/mol. The number of halogens is 4. The van der Waals surface area contributed by atoms with E-state index in [0.717, 1.165) is 36.2 Å². The van der Waals surface area contributed by atoms with Crippen molar-refractivity contribution in [2.75, 3.05) is 24.6 Å². The van der Waals surface area contributed by atoms with Gasteiger partial charge in [-0.1, -0.05) is 12.5 Å². The molecule has 1 aliphatic carbocycles. The second kappa shape index (κ2) is 9.90. The molecule has 1 aliphatic heterocycles. The summed E-state index contributed by atoms with van der Waals surface area (Å²) >= 11 is 0. The molecule has 1 saturated heterocycles. The Morgan fingerprint density at radius 2 is 1.91 bits per heavy atom. The highest BCUT2D eigenvalue weighted by Gasteiger charge is 2.43. The lowest BCUT2D eigenvalue weighted by atomic mass is 9.83. The van der Waals surface area contributed by atoms with Gasteiger partial charge in [0.1, 0.15) is 0 Å². The Kier molecular flexibility index (Phi) is 7.12. The van der Waals surface area contributed by atoms with Crippen LogP contribution >= 0.6 is 0 Å². The van der Waals surface area contributed by atoms with Gasteiger partial charge in [0.2, 0.25) is 5.91 Å².